The third-order valence-corrected chi connectivity index (χ3v) is 4.00. The highest BCUT2D eigenvalue weighted by Crippen LogP contribution is 2.21. The predicted octanol–water partition coefficient (Wildman–Crippen LogP) is 2.38. The van der Waals surface area contributed by atoms with Crippen molar-refractivity contribution in [3.05, 3.63) is 71.4 Å². The van der Waals surface area contributed by atoms with Crippen LogP contribution < -0.4 is 10.6 Å². The molecule has 7 heteroatoms. The number of hydrogen-bond donors (Lipinski definition) is 2. The van der Waals surface area contributed by atoms with Crippen LogP contribution in [0.2, 0.25) is 0 Å². The summed E-state index contributed by atoms with van der Waals surface area (Å²) < 4.78 is 5.72. The molecule has 0 aliphatic heterocycles. The molecule has 7 nitrogen and oxygen atoms in total. The van der Waals surface area contributed by atoms with Crippen molar-refractivity contribution in [3.8, 4) is 11.5 Å². The van der Waals surface area contributed by atoms with Gasteiger partial charge >= 0.3 is 0 Å². The zero-order valence-corrected chi connectivity index (χ0v) is 15.2. The maximum atomic E-state index is 12.3. The van der Waals surface area contributed by atoms with Crippen molar-refractivity contribution >= 4 is 11.8 Å². The number of rotatable bonds is 6. The van der Waals surface area contributed by atoms with E-state index in [0.29, 0.717) is 18.9 Å². The summed E-state index contributed by atoms with van der Waals surface area (Å²) in [5.74, 6) is 0.610. The number of carbonyl (C=O) groups excluding carboxylic acids is 2. The van der Waals surface area contributed by atoms with Crippen LogP contribution in [0.25, 0.3) is 11.5 Å². The van der Waals surface area contributed by atoms with Crippen LogP contribution in [0.1, 0.15) is 32.4 Å². The summed E-state index contributed by atoms with van der Waals surface area (Å²) in [4.78, 5) is 32.5. The van der Waals surface area contributed by atoms with E-state index in [1.165, 1.54) is 7.05 Å². The number of aromatic nitrogens is 2. The molecule has 2 amide bonds. The molecule has 2 aromatic heterocycles. The summed E-state index contributed by atoms with van der Waals surface area (Å²) in [5, 5.41) is 5.28. The monoisotopic (exact) mass is 364 g/mol. The molecule has 0 saturated heterocycles. The Morgan fingerprint density at radius 2 is 1.67 bits per heavy atom. The number of nitrogens with zero attached hydrogens (tertiary/aromatic N) is 2. The molecule has 3 aromatic rings. The van der Waals surface area contributed by atoms with E-state index in [9.17, 15) is 9.59 Å². The van der Waals surface area contributed by atoms with Gasteiger partial charge in [-0.25, -0.2) is 9.97 Å². The number of amides is 2. The fraction of sp³-hybridized carbons (Fsp3) is 0.200. The van der Waals surface area contributed by atoms with Gasteiger partial charge in [-0.3, -0.25) is 9.59 Å². The molecule has 2 N–H and O–H groups in total. The van der Waals surface area contributed by atoms with E-state index >= 15 is 0 Å². The Labute approximate surface area is 156 Å². The second-order valence-electron chi connectivity index (χ2n) is 5.88. The number of nitrogens with one attached hydrogen (secondary N) is 2. The van der Waals surface area contributed by atoms with Gasteiger partial charge in [0.05, 0.1) is 5.69 Å². The number of benzene rings is 1. The van der Waals surface area contributed by atoms with Gasteiger partial charge in [-0.2, -0.15) is 0 Å². The molecular weight excluding hydrogens is 344 g/mol. The average molecular weight is 364 g/mol. The molecule has 0 spiro atoms. The van der Waals surface area contributed by atoms with Gasteiger partial charge in [0.25, 0.3) is 11.8 Å². The van der Waals surface area contributed by atoms with Gasteiger partial charge in [0, 0.05) is 25.6 Å². The number of hydrogen-bond acceptors (Lipinski definition) is 5. The van der Waals surface area contributed by atoms with E-state index in [2.05, 4.69) is 20.6 Å². The lowest BCUT2D eigenvalue weighted by molar-refractivity contribution is 0.0947. The molecule has 0 saturated carbocycles. The zero-order chi connectivity index (χ0) is 19.2. The fourth-order valence-corrected chi connectivity index (χ4v) is 2.56. The second kappa shape index (κ2) is 8.27. The first-order chi connectivity index (χ1) is 13.1. The SMILES string of the molecule is CNC(=O)c1cccc(C(=O)NCCc2nc(-c3ccccc3)oc2C)n1. The van der Waals surface area contributed by atoms with E-state index in [0.717, 1.165) is 17.0 Å². The van der Waals surface area contributed by atoms with E-state index in [1.807, 2.05) is 37.3 Å². The van der Waals surface area contributed by atoms with E-state index in [4.69, 9.17) is 4.42 Å². The summed E-state index contributed by atoms with van der Waals surface area (Å²) >= 11 is 0. The highest BCUT2D eigenvalue weighted by molar-refractivity contribution is 5.96. The third-order valence-electron chi connectivity index (χ3n) is 4.00. The van der Waals surface area contributed by atoms with Gasteiger partial charge in [0.2, 0.25) is 5.89 Å². The number of pyridine rings is 1. The predicted molar refractivity (Wildman–Crippen MR) is 100 cm³/mol. The first-order valence-electron chi connectivity index (χ1n) is 8.57. The topological polar surface area (TPSA) is 97.1 Å². The molecule has 138 valence electrons. The average Bonchev–Trinajstić information content (AvgIpc) is 3.08. The Morgan fingerprint density at radius 1 is 0.963 bits per heavy atom. The second-order valence-corrected chi connectivity index (χ2v) is 5.88. The van der Waals surface area contributed by atoms with Crippen LogP contribution >= 0.6 is 0 Å². The Kier molecular flexibility index (Phi) is 5.61. The van der Waals surface area contributed by atoms with Gasteiger partial charge < -0.3 is 15.1 Å². The zero-order valence-electron chi connectivity index (χ0n) is 15.2. The molecule has 27 heavy (non-hydrogen) atoms. The van der Waals surface area contributed by atoms with Crippen molar-refractivity contribution in [2.75, 3.05) is 13.6 Å². The van der Waals surface area contributed by atoms with E-state index < -0.39 is 0 Å². The summed E-state index contributed by atoms with van der Waals surface area (Å²) in [6.45, 7) is 2.23. The number of oxazole rings is 1. The summed E-state index contributed by atoms with van der Waals surface area (Å²) in [5.41, 5.74) is 2.09. The van der Waals surface area contributed by atoms with Crippen molar-refractivity contribution in [2.45, 2.75) is 13.3 Å². The van der Waals surface area contributed by atoms with Gasteiger partial charge in [0.1, 0.15) is 17.1 Å². The highest BCUT2D eigenvalue weighted by Gasteiger charge is 2.13. The van der Waals surface area contributed by atoms with Crippen molar-refractivity contribution in [1.82, 2.24) is 20.6 Å². The third kappa shape index (κ3) is 4.38. The summed E-state index contributed by atoms with van der Waals surface area (Å²) in [6, 6.07) is 14.4. The highest BCUT2D eigenvalue weighted by atomic mass is 16.4. The van der Waals surface area contributed by atoms with Gasteiger partial charge in [-0.1, -0.05) is 24.3 Å². The van der Waals surface area contributed by atoms with Crippen molar-refractivity contribution in [3.63, 3.8) is 0 Å². The van der Waals surface area contributed by atoms with Crippen molar-refractivity contribution in [2.24, 2.45) is 0 Å². The van der Waals surface area contributed by atoms with Crippen molar-refractivity contribution in [1.29, 1.82) is 0 Å². The molecule has 0 unspecified atom stereocenters. The standard InChI is InChI=1S/C20H20N4O3/c1-13-15(24-20(27-13)14-7-4-3-5-8-14)11-12-22-19(26)17-10-6-9-16(23-17)18(25)21-2/h3-10H,11-12H2,1-2H3,(H,21,25)(H,22,26). The lowest BCUT2D eigenvalue weighted by Gasteiger charge is -2.05. The molecule has 0 fully saturated rings. The van der Waals surface area contributed by atoms with Gasteiger partial charge in [0.15, 0.2) is 0 Å². The lowest BCUT2D eigenvalue weighted by Crippen LogP contribution is -2.28. The van der Waals surface area contributed by atoms with Crippen molar-refractivity contribution < 1.29 is 14.0 Å². The molecule has 0 aliphatic rings. The molecular formula is C20H20N4O3. The Bertz CT molecular complexity index is 951. The smallest absolute Gasteiger partial charge is 0.269 e. The Morgan fingerprint density at radius 3 is 2.37 bits per heavy atom. The summed E-state index contributed by atoms with van der Waals surface area (Å²) in [7, 11) is 1.51. The number of aryl methyl sites for hydroxylation is 1. The molecule has 0 radical (unpaired) electrons. The maximum Gasteiger partial charge on any atom is 0.269 e. The van der Waals surface area contributed by atoms with Crippen LogP contribution in [0.15, 0.2) is 52.9 Å². The maximum absolute atomic E-state index is 12.3. The van der Waals surface area contributed by atoms with Gasteiger partial charge in [-0.15, -0.1) is 0 Å². The minimum Gasteiger partial charge on any atom is -0.441 e. The van der Waals surface area contributed by atoms with Crippen LogP contribution in [0.3, 0.4) is 0 Å². The molecule has 2 heterocycles. The van der Waals surface area contributed by atoms with Gasteiger partial charge in [-0.05, 0) is 31.2 Å². The van der Waals surface area contributed by atoms with Crippen LogP contribution in [0.4, 0.5) is 0 Å². The quantitative estimate of drug-likeness (QED) is 0.700. The van der Waals surface area contributed by atoms with E-state index in [-0.39, 0.29) is 23.2 Å². The normalized spacial score (nSPS) is 10.4. The van der Waals surface area contributed by atoms with Crippen LogP contribution in [-0.2, 0) is 6.42 Å². The lowest BCUT2D eigenvalue weighted by atomic mass is 10.2. The van der Waals surface area contributed by atoms with Crippen LogP contribution in [-0.4, -0.2) is 35.4 Å². The summed E-state index contributed by atoms with van der Waals surface area (Å²) in [6.07, 6.45) is 0.531. The van der Waals surface area contributed by atoms with Crippen LogP contribution in [0.5, 0.6) is 0 Å². The molecule has 1 aromatic carbocycles. The Hall–Kier alpha value is -3.48. The largest absolute Gasteiger partial charge is 0.441 e. The first kappa shape index (κ1) is 18.3. The minimum atomic E-state index is -0.342. The fourth-order valence-electron chi connectivity index (χ4n) is 2.56. The number of carbonyl (C=O) groups is 2. The first-order valence-corrected chi connectivity index (χ1v) is 8.57. The molecule has 0 aliphatic carbocycles. The Balaban J connectivity index is 1.61. The van der Waals surface area contributed by atoms with E-state index in [1.54, 1.807) is 18.2 Å². The molecule has 0 atom stereocenters. The van der Waals surface area contributed by atoms with Crippen LogP contribution in [0, 0.1) is 6.92 Å². The molecule has 0 bridgehead atoms. The molecule has 3 rings (SSSR count). The minimum absolute atomic E-state index is 0.193.